The smallest absolute Gasteiger partial charge is 0.244 e. The number of hydrogen-bond donors (Lipinski definition) is 4. The van der Waals surface area contributed by atoms with Gasteiger partial charge in [-0.3, -0.25) is 4.79 Å². The maximum atomic E-state index is 11.3. The molecule has 36 heavy (non-hydrogen) atoms. The van der Waals surface area contributed by atoms with Gasteiger partial charge >= 0.3 is 0 Å². The Morgan fingerprint density at radius 2 is 1.89 bits per heavy atom. The molecule has 0 radical (unpaired) electrons. The van der Waals surface area contributed by atoms with Crippen molar-refractivity contribution in [3.8, 4) is 0 Å². The fourth-order valence-electron chi connectivity index (χ4n) is 3.55. The van der Waals surface area contributed by atoms with E-state index in [4.69, 9.17) is 11.5 Å². The van der Waals surface area contributed by atoms with Gasteiger partial charge < -0.3 is 21.8 Å². The maximum Gasteiger partial charge on any atom is 0.244 e. The molecule has 0 spiro atoms. The van der Waals surface area contributed by atoms with E-state index in [2.05, 4.69) is 58.5 Å². The summed E-state index contributed by atoms with van der Waals surface area (Å²) in [6.45, 7) is 15.0. The number of H-pyrrole nitrogens is 1. The number of aryl methyl sites for hydroxylation is 1. The molecule has 7 heteroatoms. The Morgan fingerprint density at radius 3 is 2.56 bits per heavy atom. The van der Waals surface area contributed by atoms with Gasteiger partial charge in [-0.2, -0.15) is 0 Å². The van der Waals surface area contributed by atoms with Gasteiger partial charge in [0, 0.05) is 41.2 Å². The number of nitrogens with one attached hydrogen (secondary N) is 2. The first-order chi connectivity index (χ1) is 17.3. The number of fused-ring (bicyclic) bond motifs is 1. The van der Waals surface area contributed by atoms with E-state index in [1.807, 2.05) is 51.1 Å². The highest BCUT2D eigenvalue weighted by Crippen LogP contribution is 2.29. The molecule has 0 aliphatic carbocycles. The van der Waals surface area contributed by atoms with Gasteiger partial charge in [-0.1, -0.05) is 56.3 Å². The SMILES string of the molecule is C=C(Cc1cnc(C(Nc2ccc3c(N)nccc3c2)c2cccc(C)c2)[nH]1)C(N)=O.C=CC.CC. The molecule has 0 saturated heterocycles. The highest BCUT2D eigenvalue weighted by Gasteiger charge is 2.19. The van der Waals surface area contributed by atoms with Crippen LogP contribution in [0.5, 0.6) is 0 Å². The number of imidazole rings is 1. The number of aromatic nitrogens is 3. The Balaban J connectivity index is 0.000000850. The van der Waals surface area contributed by atoms with Crippen LogP contribution in [0.15, 0.2) is 85.7 Å². The Labute approximate surface area is 213 Å². The van der Waals surface area contributed by atoms with E-state index < -0.39 is 5.91 Å². The predicted molar refractivity (Wildman–Crippen MR) is 151 cm³/mol. The molecule has 7 nitrogen and oxygen atoms in total. The van der Waals surface area contributed by atoms with Gasteiger partial charge in [-0.05, 0) is 49.1 Å². The second-order valence-corrected chi connectivity index (χ2v) is 7.97. The molecule has 0 saturated carbocycles. The van der Waals surface area contributed by atoms with Gasteiger partial charge in [0.1, 0.15) is 17.7 Å². The number of allylic oxidation sites excluding steroid dienone is 1. The number of benzene rings is 2. The Kier molecular flexibility index (Phi) is 10.4. The van der Waals surface area contributed by atoms with Crippen molar-refractivity contribution >= 4 is 28.2 Å². The number of aromatic amines is 1. The first kappa shape index (κ1) is 27.9. The van der Waals surface area contributed by atoms with Crippen molar-refractivity contribution in [2.24, 2.45) is 5.73 Å². The monoisotopic (exact) mass is 484 g/mol. The molecular weight excluding hydrogens is 448 g/mol. The lowest BCUT2D eigenvalue weighted by molar-refractivity contribution is -0.114. The molecule has 1 amide bonds. The molecule has 1 unspecified atom stereocenters. The van der Waals surface area contributed by atoms with E-state index in [1.165, 1.54) is 0 Å². The minimum Gasteiger partial charge on any atom is -0.383 e. The number of nitrogens with zero attached hydrogens (tertiary/aromatic N) is 2. The molecule has 2 aromatic carbocycles. The highest BCUT2D eigenvalue weighted by atomic mass is 16.1. The van der Waals surface area contributed by atoms with Crippen molar-refractivity contribution in [1.29, 1.82) is 0 Å². The summed E-state index contributed by atoms with van der Waals surface area (Å²) in [4.78, 5) is 23.4. The molecule has 4 aromatic rings. The van der Waals surface area contributed by atoms with Gasteiger partial charge in [0.25, 0.3) is 0 Å². The van der Waals surface area contributed by atoms with Crippen LogP contribution in [-0.2, 0) is 11.2 Å². The van der Waals surface area contributed by atoms with Crippen molar-refractivity contribution in [1.82, 2.24) is 15.0 Å². The van der Waals surface area contributed by atoms with Crippen LogP contribution in [0.4, 0.5) is 11.5 Å². The fraction of sp³-hybridized carbons (Fsp3) is 0.207. The summed E-state index contributed by atoms with van der Waals surface area (Å²) >= 11 is 0. The molecule has 1 atom stereocenters. The number of nitrogen functional groups attached to an aromatic ring is 1. The Morgan fingerprint density at radius 1 is 1.17 bits per heavy atom. The standard InChI is InChI=1S/C24H24N6O.C3H6.C2H6/c1-14-4-3-5-17(10-14)21(24-28-13-19(30-24)11-15(2)23(26)31)29-18-6-7-20-16(12-18)8-9-27-22(20)25;1-3-2;1-2/h3-10,12-13,21,29H,2,11H2,1H3,(H2,25,27)(H2,26,31)(H,28,30);3H,1H2,2H3;1-2H3. The van der Waals surface area contributed by atoms with Crippen molar-refractivity contribution in [3.05, 3.63) is 108 Å². The Bertz CT molecular complexity index is 1320. The number of carbonyl (C=O) groups is 1. The van der Waals surface area contributed by atoms with Crippen LogP contribution >= 0.6 is 0 Å². The summed E-state index contributed by atoms with van der Waals surface area (Å²) in [5.41, 5.74) is 15.5. The summed E-state index contributed by atoms with van der Waals surface area (Å²) in [6, 6.07) is 15.9. The molecule has 2 aromatic heterocycles. The number of pyridine rings is 1. The largest absolute Gasteiger partial charge is 0.383 e. The molecule has 0 fully saturated rings. The molecule has 6 N–H and O–H groups in total. The quantitative estimate of drug-likeness (QED) is 0.193. The molecule has 188 valence electrons. The van der Waals surface area contributed by atoms with Gasteiger partial charge in [0.05, 0.1) is 0 Å². The molecular formula is C29H36N6O. The zero-order valence-corrected chi connectivity index (χ0v) is 21.5. The average Bonchev–Trinajstić information content (AvgIpc) is 3.32. The van der Waals surface area contributed by atoms with Gasteiger partial charge in [0.15, 0.2) is 0 Å². The molecule has 0 aliphatic rings. The lowest BCUT2D eigenvalue weighted by Gasteiger charge is -2.19. The zero-order chi connectivity index (χ0) is 26.7. The molecule has 0 bridgehead atoms. The number of primary amides is 1. The third-order valence-corrected chi connectivity index (χ3v) is 5.16. The number of anilines is 2. The molecule has 2 heterocycles. The van der Waals surface area contributed by atoms with Crippen molar-refractivity contribution in [3.63, 3.8) is 0 Å². The number of amides is 1. The topological polar surface area (TPSA) is 123 Å². The summed E-state index contributed by atoms with van der Waals surface area (Å²) in [6.07, 6.45) is 5.48. The van der Waals surface area contributed by atoms with Gasteiger partial charge in [-0.25, -0.2) is 9.97 Å². The summed E-state index contributed by atoms with van der Waals surface area (Å²) in [5, 5.41) is 5.48. The summed E-state index contributed by atoms with van der Waals surface area (Å²) in [5.74, 6) is 0.714. The van der Waals surface area contributed by atoms with Crippen LogP contribution in [0.25, 0.3) is 10.8 Å². The number of nitrogens with two attached hydrogens (primary N) is 2. The van der Waals surface area contributed by atoms with E-state index in [-0.39, 0.29) is 6.04 Å². The zero-order valence-electron chi connectivity index (χ0n) is 21.5. The van der Waals surface area contributed by atoms with E-state index in [9.17, 15) is 4.79 Å². The first-order valence-corrected chi connectivity index (χ1v) is 11.9. The van der Waals surface area contributed by atoms with E-state index in [0.717, 1.165) is 39.1 Å². The van der Waals surface area contributed by atoms with Crippen LogP contribution in [0.1, 0.15) is 49.5 Å². The summed E-state index contributed by atoms with van der Waals surface area (Å²) < 4.78 is 0. The average molecular weight is 485 g/mol. The van der Waals surface area contributed by atoms with Crippen molar-refractivity contribution < 1.29 is 4.79 Å². The lowest BCUT2D eigenvalue weighted by Crippen LogP contribution is -2.15. The van der Waals surface area contributed by atoms with Crippen LogP contribution in [-0.4, -0.2) is 20.9 Å². The number of carbonyl (C=O) groups excluding carboxylic acids is 1. The van der Waals surface area contributed by atoms with Gasteiger partial charge in [0.2, 0.25) is 5.91 Å². The fourth-order valence-corrected chi connectivity index (χ4v) is 3.55. The predicted octanol–water partition coefficient (Wildman–Crippen LogP) is 5.85. The third kappa shape index (κ3) is 7.30. The van der Waals surface area contributed by atoms with Crippen molar-refractivity contribution in [2.75, 3.05) is 11.1 Å². The summed E-state index contributed by atoms with van der Waals surface area (Å²) in [7, 11) is 0. The van der Waals surface area contributed by atoms with E-state index in [1.54, 1.807) is 18.5 Å². The molecule has 0 aliphatic heterocycles. The van der Waals surface area contributed by atoms with Gasteiger partial charge in [-0.15, -0.1) is 6.58 Å². The van der Waals surface area contributed by atoms with Crippen LogP contribution in [0, 0.1) is 6.92 Å². The number of hydrogen-bond acceptors (Lipinski definition) is 5. The van der Waals surface area contributed by atoms with Crippen molar-refractivity contribution in [2.45, 2.75) is 40.2 Å². The second-order valence-electron chi connectivity index (χ2n) is 7.97. The third-order valence-electron chi connectivity index (χ3n) is 5.16. The normalized spacial score (nSPS) is 10.8. The van der Waals surface area contributed by atoms with E-state index >= 15 is 0 Å². The van der Waals surface area contributed by atoms with Crippen LogP contribution in [0.2, 0.25) is 0 Å². The second kappa shape index (κ2) is 13.5. The lowest BCUT2D eigenvalue weighted by atomic mass is 10.0. The van der Waals surface area contributed by atoms with Crippen LogP contribution in [0.3, 0.4) is 0 Å². The minimum absolute atomic E-state index is 0.230. The Hall–Kier alpha value is -4.39. The maximum absolute atomic E-state index is 11.3. The first-order valence-electron chi connectivity index (χ1n) is 11.9. The highest BCUT2D eigenvalue weighted by molar-refractivity contribution is 5.93. The minimum atomic E-state index is -0.519. The number of rotatable bonds is 7. The van der Waals surface area contributed by atoms with Crippen LogP contribution < -0.4 is 16.8 Å². The van der Waals surface area contributed by atoms with E-state index in [0.29, 0.717) is 17.8 Å². The molecule has 4 rings (SSSR count).